The van der Waals surface area contributed by atoms with Gasteiger partial charge in [-0.3, -0.25) is 0 Å². The molecular formula is C28H28N6O. The number of fused-ring (bicyclic) bond motifs is 1. The first kappa shape index (κ1) is 20.7. The highest BCUT2D eigenvalue weighted by Crippen LogP contribution is 2.37. The predicted molar refractivity (Wildman–Crippen MR) is 137 cm³/mol. The van der Waals surface area contributed by atoms with Crippen molar-refractivity contribution in [2.24, 2.45) is 0 Å². The van der Waals surface area contributed by atoms with Crippen LogP contribution in [0.4, 0.5) is 0 Å². The molecule has 0 aliphatic carbocycles. The molecule has 5 heterocycles. The Morgan fingerprint density at radius 2 is 1.31 bits per heavy atom. The molecule has 2 saturated heterocycles. The van der Waals surface area contributed by atoms with Crippen LogP contribution in [-0.2, 0) is 0 Å². The number of nitrogens with one attached hydrogen (secondary N) is 4. The lowest BCUT2D eigenvalue weighted by Gasteiger charge is -2.08. The van der Waals surface area contributed by atoms with Gasteiger partial charge in [-0.25, -0.2) is 9.97 Å². The van der Waals surface area contributed by atoms with Gasteiger partial charge in [-0.1, -0.05) is 30.3 Å². The van der Waals surface area contributed by atoms with Gasteiger partial charge in [0.1, 0.15) is 17.2 Å². The molecule has 2 aliphatic heterocycles. The van der Waals surface area contributed by atoms with Gasteiger partial charge in [-0.05, 0) is 67.6 Å². The number of benzene rings is 2. The van der Waals surface area contributed by atoms with E-state index in [2.05, 4.69) is 67.0 Å². The van der Waals surface area contributed by atoms with Crippen molar-refractivity contribution in [2.45, 2.75) is 37.8 Å². The number of H-pyrrole nitrogens is 2. The van der Waals surface area contributed by atoms with Crippen LogP contribution in [0.5, 0.6) is 0 Å². The van der Waals surface area contributed by atoms with E-state index in [4.69, 9.17) is 4.42 Å². The molecule has 0 bridgehead atoms. The number of hydrogen-bond donors (Lipinski definition) is 4. The highest BCUT2D eigenvalue weighted by atomic mass is 16.3. The van der Waals surface area contributed by atoms with Gasteiger partial charge in [-0.2, -0.15) is 0 Å². The quantitative estimate of drug-likeness (QED) is 0.267. The summed E-state index contributed by atoms with van der Waals surface area (Å²) in [6.07, 6.45) is 10.3. The molecule has 0 spiro atoms. The molecule has 2 unspecified atom stereocenters. The van der Waals surface area contributed by atoms with Crippen LogP contribution in [0.1, 0.15) is 49.4 Å². The van der Waals surface area contributed by atoms with E-state index >= 15 is 0 Å². The summed E-state index contributed by atoms with van der Waals surface area (Å²) in [5.74, 6) is 2.03. The highest BCUT2D eigenvalue weighted by molar-refractivity contribution is 6.01. The molecule has 0 radical (unpaired) electrons. The molecule has 5 aromatic rings. The first-order chi connectivity index (χ1) is 17.3. The minimum atomic E-state index is 0.314. The van der Waals surface area contributed by atoms with Crippen molar-refractivity contribution in [1.29, 1.82) is 0 Å². The second kappa shape index (κ2) is 8.52. The van der Waals surface area contributed by atoms with Crippen LogP contribution < -0.4 is 10.6 Å². The Kier molecular flexibility index (Phi) is 5.03. The van der Waals surface area contributed by atoms with Gasteiger partial charge in [0.15, 0.2) is 0 Å². The summed E-state index contributed by atoms with van der Waals surface area (Å²) in [7, 11) is 0. The van der Waals surface area contributed by atoms with E-state index in [0.29, 0.717) is 12.1 Å². The minimum absolute atomic E-state index is 0.314. The number of aromatic amines is 2. The van der Waals surface area contributed by atoms with Crippen molar-refractivity contribution in [3.8, 4) is 33.6 Å². The van der Waals surface area contributed by atoms with Crippen molar-refractivity contribution < 1.29 is 4.42 Å². The first-order valence-corrected chi connectivity index (χ1v) is 12.5. The van der Waals surface area contributed by atoms with Crippen molar-refractivity contribution in [3.63, 3.8) is 0 Å². The standard InChI is InChI=1S/C28H28N6O/c1-3-22(29-12-1)27-31-15-24(33-27)18-7-5-17(6-8-18)19-9-10-21(26-20(19)11-14-35-26)25-16-32-28(34-25)23-4-2-13-30-23/h5-11,14-16,22-23,29-30H,1-4,12-13H2,(H,31,33)(H,32,34). The van der Waals surface area contributed by atoms with Crippen molar-refractivity contribution in [1.82, 2.24) is 30.6 Å². The fraction of sp³-hybridized carbons (Fsp3) is 0.286. The molecular weight excluding hydrogens is 436 g/mol. The van der Waals surface area contributed by atoms with E-state index in [0.717, 1.165) is 82.2 Å². The van der Waals surface area contributed by atoms with Crippen LogP contribution in [0, 0.1) is 0 Å². The molecule has 0 amide bonds. The van der Waals surface area contributed by atoms with E-state index in [9.17, 15) is 0 Å². The fourth-order valence-electron chi connectivity index (χ4n) is 5.50. The van der Waals surface area contributed by atoms with E-state index in [1.165, 1.54) is 12.8 Å². The minimum Gasteiger partial charge on any atom is -0.464 e. The average Bonchev–Trinajstić information content (AvgIpc) is 3.72. The number of hydrogen-bond acceptors (Lipinski definition) is 5. The lowest BCUT2D eigenvalue weighted by Crippen LogP contribution is -2.14. The third-order valence-electron chi connectivity index (χ3n) is 7.39. The second-order valence-electron chi connectivity index (χ2n) is 9.56. The second-order valence-corrected chi connectivity index (χ2v) is 9.56. The zero-order valence-electron chi connectivity index (χ0n) is 19.5. The summed E-state index contributed by atoms with van der Waals surface area (Å²) in [5, 5.41) is 8.11. The fourth-order valence-corrected chi connectivity index (χ4v) is 5.50. The van der Waals surface area contributed by atoms with Crippen LogP contribution in [-0.4, -0.2) is 33.0 Å². The molecule has 2 atom stereocenters. The lowest BCUT2D eigenvalue weighted by molar-refractivity contribution is 0.612. The smallest absolute Gasteiger partial charge is 0.143 e. The zero-order chi connectivity index (χ0) is 23.2. The van der Waals surface area contributed by atoms with Gasteiger partial charge < -0.3 is 25.0 Å². The Labute approximate surface area is 203 Å². The highest BCUT2D eigenvalue weighted by Gasteiger charge is 2.21. The maximum atomic E-state index is 5.96. The maximum absolute atomic E-state index is 5.96. The molecule has 4 N–H and O–H groups in total. The molecule has 2 fully saturated rings. The summed E-state index contributed by atoms with van der Waals surface area (Å²) in [5.41, 5.74) is 7.40. The van der Waals surface area contributed by atoms with E-state index in [-0.39, 0.29) is 0 Å². The Hall–Kier alpha value is -3.68. The first-order valence-electron chi connectivity index (χ1n) is 12.5. The summed E-state index contributed by atoms with van der Waals surface area (Å²) in [6, 6.07) is 15.7. The van der Waals surface area contributed by atoms with E-state index < -0.39 is 0 Å². The van der Waals surface area contributed by atoms with E-state index in [1.54, 1.807) is 6.26 Å². The van der Waals surface area contributed by atoms with Crippen LogP contribution in [0.25, 0.3) is 44.6 Å². The van der Waals surface area contributed by atoms with Gasteiger partial charge in [0.05, 0.1) is 42.1 Å². The third-order valence-corrected chi connectivity index (χ3v) is 7.39. The van der Waals surface area contributed by atoms with Crippen LogP contribution in [0.15, 0.2) is 65.5 Å². The SMILES string of the molecule is c1cc2c(-c3ccc(-c4cnc(C5CCCN5)[nH]4)cc3)ccc(-c3cnc(C4CCCN4)[nH]3)c2o1. The van der Waals surface area contributed by atoms with Gasteiger partial charge in [0, 0.05) is 10.9 Å². The van der Waals surface area contributed by atoms with Crippen molar-refractivity contribution in [3.05, 3.63) is 72.8 Å². The summed E-state index contributed by atoms with van der Waals surface area (Å²) >= 11 is 0. The van der Waals surface area contributed by atoms with Crippen LogP contribution in [0.2, 0.25) is 0 Å². The number of rotatable bonds is 5. The number of furan rings is 1. The van der Waals surface area contributed by atoms with Gasteiger partial charge in [0.25, 0.3) is 0 Å². The molecule has 176 valence electrons. The van der Waals surface area contributed by atoms with Crippen molar-refractivity contribution >= 4 is 11.0 Å². The van der Waals surface area contributed by atoms with Crippen LogP contribution >= 0.6 is 0 Å². The third kappa shape index (κ3) is 3.68. The van der Waals surface area contributed by atoms with Gasteiger partial charge in [0.2, 0.25) is 0 Å². The Morgan fingerprint density at radius 1 is 0.686 bits per heavy atom. The number of aromatic nitrogens is 4. The Balaban J connectivity index is 1.18. The molecule has 7 rings (SSSR count). The summed E-state index contributed by atoms with van der Waals surface area (Å²) in [4.78, 5) is 16.3. The largest absolute Gasteiger partial charge is 0.464 e. The molecule has 35 heavy (non-hydrogen) atoms. The summed E-state index contributed by atoms with van der Waals surface area (Å²) < 4.78 is 5.96. The number of nitrogens with zero attached hydrogens (tertiary/aromatic N) is 2. The molecule has 2 aliphatic rings. The Bertz CT molecular complexity index is 1460. The molecule has 3 aromatic heterocycles. The molecule has 7 nitrogen and oxygen atoms in total. The Morgan fingerprint density at radius 3 is 2.00 bits per heavy atom. The van der Waals surface area contributed by atoms with E-state index in [1.807, 2.05) is 18.5 Å². The zero-order valence-corrected chi connectivity index (χ0v) is 19.5. The topological polar surface area (TPSA) is 94.6 Å². The summed E-state index contributed by atoms with van der Waals surface area (Å²) in [6.45, 7) is 2.12. The molecule has 2 aromatic carbocycles. The predicted octanol–water partition coefficient (Wildman–Crippen LogP) is 5.73. The van der Waals surface area contributed by atoms with Crippen molar-refractivity contribution in [2.75, 3.05) is 13.1 Å². The van der Waals surface area contributed by atoms with Gasteiger partial charge in [-0.15, -0.1) is 0 Å². The monoisotopic (exact) mass is 464 g/mol. The van der Waals surface area contributed by atoms with Gasteiger partial charge >= 0.3 is 0 Å². The maximum Gasteiger partial charge on any atom is 0.143 e. The number of imidazole rings is 2. The average molecular weight is 465 g/mol. The molecule has 7 heteroatoms. The normalized spacial score (nSPS) is 20.2. The molecule has 0 saturated carbocycles. The lowest BCUT2D eigenvalue weighted by atomic mass is 9.97. The van der Waals surface area contributed by atoms with Crippen LogP contribution in [0.3, 0.4) is 0 Å².